The number of carbonyl (C=O) groups is 1. The highest BCUT2D eigenvalue weighted by Crippen LogP contribution is 2.28. The van der Waals surface area contributed by atoms with Gasteiger partial charge in [-0.3, -0.25) is 10.2 Å². The van der Waals surface area contributed by atoms with Crippen LogP contribution in [0.15, 0.2) is 24.3 Å². The van der Waals surface area contributed by atoms with Gasteiger partial charge in [0.15, 0.2) is 11.5 Å². The van der Waals surface area contributed by atoms with Crippen molar-refractivity contribution in [2.24, 2.45) is 5.84 Å². The number of hydrogen-bond acceptors (Lipinski definition) is 4. The summed E-state index contributed by atoms with van der Waals surface area (Å²) in [5.74, 6) is 5.95. The Morgan fingerprint density at radius 2 is 2.22 bits per heavy atom. The van der Waals surface area contributed by atoms with Crippen LogP contribution >= 0.6 is 0 Å². The van der Waals surface area contributed by atoms with Crippen molar-refractivity contribution in [3.8, 4) is 11.5 Å². The molecule has 1 rings (SSSR count). The van der Waals surface area contributed by atoms with Gasteiger partial charge < -0.3 is 9.47 Å². The van der Waals surface area contributed by atoms with E-state index in [2.05, 4.69) is 0 Å². The van der Waals surface area contributed by atoms with Gasteiger partial charge in [0.25, 0.3) is 0 Å². The van der Waals surface area contributed by atoms with Gasteiger partial charge in [0.05, 0.1) is 20.1 Å². The van der Waals surface area contributed by atoms with Crippen LogP contribution in [0.5, 0.6) is 11.5 Å². The summed E-state index contributed by atoms with van der Waals surface area (Å²) in [5.41, 5.74) is 3.08. The molecular formula is C13H18N2O3. The molecule has 0 radical (unpaired) electrons. The first-order chi connectivity index (χ1) is 8.71. The van der Waals surface area contributed by atoms with Crippen LogP contribution in [-0.2, 0) is 4.79 Å². The zero-order valence-electron chi connectivity index (χ0n) is 10.6. The zero-order valence-corrected chi connectivity index (χ0v) is 10.6. The number of nitrogens with two attached hydrogens (primary N) is 1. The molecule has 1 amide bonds. The van der Waals surface area contributed by atoms with E-state index in [1.807, 2.05) is 42.7 Å². The van der Waals surface area contributed by atoms with Crippen LogP contribution < -0.4 is 20.7 Å². The molecule has 0 heterocycles. The summed E-state index contributed by atoms with van der Waals surface area (Å²) in [5, 5.41) is 0. The molecule has 0 aliphatic rings. The lowest BCUT2D eigenvalue weighted by atomic mass is 10.2. The Hall–Kier alpha value is -2.01. The van der Waals surface area contributed by atoms with E-state index in [4.69, 9.17) is 15.3 Å². The minimum Gasteiger partial charge on any atom is -0.493 e. The van der Waals surface area contributed by atoms with Crippen LogP contribution in [0.25, 0.3) is 6.08 Å². The van der Waals surface area contributed by atoms with Crippen molar-refractivity contribution in [3.05, 3.63) is 29.8 Å². The minimum atomic E-state index is -0.264. The number of rotatable bonds is 6. The smallest absolute Gasteiger partial charge is 0.237 e. The molecule has 3 N–H and O–H groups in total. The molecule has 0 aromatic heterocycles. The van der Waals surface area contributed by atoms with Gasteiger partial charge in [-0.15, -0.1) is 0 Å². The molecule has 0 bridgehead atoms. The third kappa shape index (κ3) is 4.10. The van der Waals surface area contributed by atoms with Crippen molar-refractivity contribution in [1.29, 1.82) is 0 Å². The summed E-state index contributed by atoms with van der Waals surface area (Å²) in [7, 11) is 1.58. The normalized spacial score (nSPS) is 10.4. The quantitative estimate of drug-likeness (QED) is 0.456. The molecule has 0 fully saturated rings. The zero-order chi connectivity index (χ0) is 13.4. The first-order valence-electron chi connectivity index (χ1n) is 5.64. The Balaban J connectivity index is 2.67. The second-order valence-corrected chi connectivity index (χ2v) is 3.58. The summed E-state index contributed by atoms with van der Waals surface area (Å²) < 4.78 is 10.7. The van der Waals surface area contributed by atoms with E-state index in [1.54, 1.807) is 7.11 Å². The van der Waals surface area contributed by atoms with Crippen molar-refractivity contribution in [1.82, 2.24) is 5.43 Å². The van der Waals surface area contributed by atoms with E-state index in [9.17, 15) is 4.79 Å². The van der Waals surface area contributed by atoms with Crippen LogP contribution in [0, 0.1) is 0 Å². The Bertz CT molecular complexity index is 430. The molecule has 0 spiro atoms. The summed E-state index contributed by atoms with van der Waals surface area (Å²) >= 11 is 0. The van der Waals surface area contributed by atoms with Crippen molar-refractivity contribution < 1.29 is 14.3 Å². The van der Waals surface area contributed by atoms with Gasteiger partial charge in [-0.05, 0) is 24.6 Å². The molecule has 1 aromatic rings. The molecule has 0 unspecified atom stereocenters. The predicted molar refractivity (Wildman–Crippen MR) is 70.1 cm³/mol. The molecule has 5 heteroatoms. The van der Waals surface area contributed by atoms with Gasteiger partial charge in [0.1, 0.15) is 0 Å². The van der Waals surface area contributed by atoms with Crippen molar-refractivity contribution in [2.75, 3.05) is 13.7 Å². The van der Waals surface area contributed by atoms with Crippen molar-refractivity contribution >= 4 is 12.0 Å². The highest BCUT2D eigenvalue weighted by molar-refractivity contribution is 5.75. The SMILES string of the molecule is CC=Cc1ccc(OCCC(=O)NN)c(OC)c1. The number of hydrazine groups is 1. The van der Waals surface area contributed by atoms with Gasteiger partial charge in [0.2, 0.25) is 5.91 Å². The lowest BCUT2D eigenvalue weighted by Gasteiger charge is -2.11. The number of allylic oxidation sites excluding steroid dienone is 1. The first-order valence-corrected chi connectivity index (χ1v) is 5.64. The maximum absolute atomic E-state index is 10.9. The van der Waals surface area contributed by atoms with Crippen molar-refractivity contribution in [3.63, 3.8) is 0 Å². The van der Waals surface area contributed by atoms with Gasteiger partial charge in [-0.1, -0.05) is 18.2 Å². The molecule has 0 aliphatic carbocycles. The van der Waals surface area contributed by atoms with Gasteiger partial charge in [-0.2, -0.15) is 0 Å². The number of methoxy groups -OCH3 is 1. The van der Waals surface area contributed by atoms with Crippen LogP contribution in [0.2, 0.25) is 0 Å². The lowest BCUT2D eigenvalue weighted by molar-refractivity contribution is -0.121. The highest BCUT2D eigenvalue weighted by atomic mass is 16.5. The van der Waals surface area contributed by atoms with Gasteiger partial charge in [-0.25, -0.2) is 5.84 Å². The standard InChI is InChI=1S/C13H18N2O3/c1-3-4-10-5-6-11(12(9-10)17-2)18-8-7-13(16)15-14/h3-6,9H,7-8,14H2,1-2H3,(H,15,16). The maximum Gasteiger partial charge on any atom is 0.237 e. The minimum absolute atomic E-state index is 0.205. The topological polar surface area (TPSA) is 73.6 Å². The molecule has 5 nitrogen and oxygen atoms in total. The number of hydrogen-bond donors (Lipinski definition) is 2. The second kappa shape index (κ2) is 7.34. The largest absolute Gasteiger partial charge is 0.493 e. The Morgan fingerprint density at radius 3 is 2.83 bits per heavy atom. The molecular weight excluding hydrogens is 232 g/mol. The lowest BCUT2D eigenvalue weighted by Crippen LogP contribution is -2.31. The third-order valence-electron chi connectivity index (χ3n) is 2.29. The van der Waals surface area contributed by atoms with E-state index in [1.165, 1.54) is 0 Å². The number of amides is 1. The first kappa shape index (κ1) is 14.1. The Morgan fingerprint density at radius 1 is 1.44 bits per heavy atom. The van der Waals surface area contributed by atoms with Crippen LogP contribution in [0.3, 0.4) is 0 Å². The number of ether oxygens (including phenoxy) is 2. The predicted octanol–water partition coefficient (Wildman–Crippen LogP) is 1.49. The molecule has 18 heavy (non-hydrogen) atoms. The van der Waals surface area contributed by atoms with Crippen LogP contribution in [-0.4, -0.2) is 19.6 Å². The van der Waals surface area contributed by atoms with E-state index in [-0.39, 0.29) is 18.9 Å². The second-order valence-electron chi connectivity index (χ2n) is 3.58. The average Bonchev–Trinajstić information content (AvgIpc) is 2.40. The summed E-state index contributed by atoms with van der Waals surface area (Å²) in [6.07, 6.45) is 4.12. The third-order valence-corrected chi connectivity index (χ3v) is 2.29. The number of carbonyl (C=O) groups excluding carboxylic acids is 1. The van der Waals surface area contributed by atoms with Crippen LogP contribution in [0.4, 0.5) is 0 Å². The van der Waals surface area contributed by atoms with Gasteiger partial charge >= 0.3 is 0 Å². The summed E-state index contributed by atoms with van der Waals surface area (Å²) in [6, 6.07) is 5.60. The molecule has 0 saturated heterocycles. The van der Waals surface area contributed by atoms with E-state index < -0.39 is 0 Å². The molecule has 0 aliphatic heterocycles. The molecule has 1 aromatic carbocycles. The van der Waals surface area contributed by atoms with Crippen LogP contribution in [0.1, 0.15) is 18.9 Å². The Kier molecular flexibility index (Phi) is 5.73. The monoisotopic (exact) mass is 250 g/mol. The fourth-order valence-corrected chi connectivity index (χ4v) is 1.43. The number of benzene rings is 1. The fourth-order valence-electron chi connectivity index (χ4n) is 1.43. The van der Waals surface area contributed by atoms with E-state index >= 15 is 0 Å². The van der Waals surface area contributed by atoms with Gasteiger partial charge in [0, 0.05) is 0 Å². The average molecular weight is 250 g/mol. The fraction of sp³-hybridized carbons (Fsp3) is 0.308. The molecule has 0 saturated carbocycles. The van der Waals surface area contributed by atoms with E-state index in [0.717, 1.165) is 5.56 Å². The van der Waals surface area contributed by atoms with E-state index in [0.29, 0.717) is 11.5 Å². The Labute approximate surface area is 107 Å². The maximum atomic E-state index is 10.9. The highest BCUT2D eigenvalue weighted by Gasteiger charge is 2.06. The molecule has 98 valence electrons. The summed E-state index contributed by atoms with van der Waals surface area (Å²) in [4.78, 5) is 10.9. The van der Waals surface area contributed by atoms with Crippen molar-refractivity contribution in [2.45, 2.75) is 13.3 Å². The molecule has 0 atom stereocenters. The number of nitrogens with one attached hydrogen (secondary N) is 1. The summed E-state index contributed by atoms with van der Waals surface area (Å²) in [6.45, 7) is 2.20.